The van der Waals surface area contributed by atoms with Crippen LogP contribution in [0.1, 0.15) is 42.2 Å². The summed E-state index contributed by atoms with van der Waals surface area (Å²) in [7, 11) is 0. The van der Waals surface area contributed by atoms with Gasteiger partial charge in [0.2, 0.25) is 0 Å². The van der Waals surface area contributed by atoms with Crippen LogP contribution < -0.4 is 5.32 Å². The standard InChI is InChI=1S/C20H21N5O3/c1-14(2)28-19(26)12-18(15-7-4-3-5-8-15)22-20(27)16-9-6-10-17(11-16)25-13-21-23-24-25/h3-11,13-14,18H,12H2,1-2H3,(H,22,27). The van der Waals surface area contributed by atoms with Crippen LogP contribution >= 0.6 is 0 Å². The summed E-state index contributed by atoms with van der Waals surface area (Å²) in [5.41, 5.74) is 1.92. The van der Waals surface area contributed by atoms with Gasteiger partial charge in [-0.1, -0.05) is 36.4 Å². The Morgan fingerprint density at radius 3 is 2.57 bits per heavy atom. The highest BCUT2D eigenvalue weighted by molar-refractivity contribution is 5.95. The second-order valence-electron chi connectivity index (χ2n) is 6.48. The van der Waals surface area contributed by atoms with Gasteiger partial charge in [0, 0.05) is 5.56 Å². The molecule has 1 N–H and O–H groups in total. The molecule has 0 bridgehead atoms. The number of nitrogens with zero attached hydrogens (tertiary/aromatic N) is 4. The SMILES string of the molecule is CC(C)OC(=O)CC(NC(=O)c1cccc(-n2cnnn2)c1)c1ccccc1. The summed E-state index contributed by atoms with van der Waals surface area (Å²) in [6, 6.07) is 15.7. The van der Waals surface area contributed by atoms with E-state index in [1.54, 1.807) is 38.1 Å². The molecule has 1 atom stereocenters. The maximum Gasteiger partial charge on any atom is 0.308 e. The topological polar surface area (TPSA) is 99.0 Å². The van der Waals surface area contributed by atoms with Gasteiger partial charge in [-0.15, -0.1) is 5.10 Å². The van der Waals surface area contributed by atoms with Crippen LogP contribution in [0.25, 0.3) is 5.69 Å². The summed E-state index contributed by atoms with van der Waals surface area (Å²) >= 11 is 0. The van der Waals surface area contributed by atoms with Crippen molar-refractivity contribution in [2.75, 3.05) is 0 Å². The molecule has 0 spiro atoms. The molecular formula is C20H21N5O3. The Morgan fingerprint density at radius 2 is 1.89 bits per heavy atom. The molecule has 8 heteroatoms. The zero-order chi connectivity index (χ0) is 19.9. The minimum Gasteiger partial charge on any atom is -0.463 e. The Labute approximate surface area is 162 Å². The average molecular weight is 379 g/mol. The number of hydrogen-bond donors (Lipinski definition) is 1. The molecule has 0 aliphatic rings. The van der Waals surface area contributed by atoms with E-state index in [9.17, 15) is 9.59 Å². The van der Waals surface area contributed by atoms with Crippen molar-refractivity contribution >= 4 is 11.9 Å². The fourth-order valence-electron chi connectivity index (χ4n) is 2.73. The fraction of sp³-hybridized carbons (Fsp3) is 0.250. The highest BCUT2D eigenvalue weighted by Gasteiger charge is 2.21. The number of hydrogen-bond acceptors (Lipinski definition) is 6. The third kappa shape index (κ3) is 5.00. The maximum absolute atomic E-state index is 12.8. The van der Waals surface area contributed by atoms with Gasteiger partial charge in [-0.05, 0) is 48.0 Å². The second-order valence-corrected chi connectivity index (χ2v) is 6.48. The van der Waals surface area contributed by atoms with Gasteiger partial charge in [-0.3, -0.25) is 9.59 Å². The zero-order valence-electron chi connectivity index (χ0n) is 15.6. The first-order valence-corrected chi connectivity index (χ1v) is 8.91. The minimum absolute atomic E-state index is 0.0423. The smallest absolute Gasteiger partial charge is 0.308 e. The Hall–Kier alpha value is -3.55. The molecule has 3 rings (SSSR count). The summed E-state index contributed by atoms with van der Waals surface area (Å²) in [5.74, 6) is -0.673. The molecule has 0 aliphatic heterocycles. The molecule has 2 aromatic carbocycles. The molecule has 1 amide bonds. The zero-order valence-corrected chi connectivity index (χ0v) is 15.6. The molecule has 28 heavy (non-hydrogen) atoms. The molecule has 8 nitrogen and oxygen atoms in total. The van der Waals surface area contributed by atoms with Gasteiger partial charge < -0.3 is 10.1 Å². The number of amides is 1. The molecule has 0 saturated heterocycles. The molecule has 1 aromatic heterocycles. The number of tetrazole rings is 1. The molecule has 0 radical (unpaired) electrons. The number of nitrogens with one attached hydrogen (secondary N) is 1. The van der Waals surface area contributed by atoms with Gasteiger partial charge in [0.05, 0.1) is 24.3 Å². The number of aromatic nitrogens is 4. The lowest BCUT2D eigenvalue weighted by Crippen LogP contribution is -2.31. The van der Waals surface area contributed by atoms with Crippen molar-refractivity contribution < 1.29 is 14.3 Å². The summed E-state index contributed by atoms with van der Waals surface area (Å²) < 4.78 is 6.71. The molecular weight excluding hydrogens is 358 g/mol. The van der Waals surface area contributed by atoms with Crippen molar-refractivity contribution in [3.63, 3.8) is 0 Å². The van der Waals surface area contributed by atoms with E-state index in [0.29, 0.717) is 11.3 Å². The summed E-state index contributed by atoms with van der Waals surface area (Å²) in [6.45, 7) is 3.58. The van der Waals surface area contributed by atoms with Crippen molar-refractivity contribution in [2.45, 2.75) is 32.4 Å². The quantitative estimate of drug-likeness (QED) is 0.633. The van der Waals surface area contributed by atoms with Crippen LogP contribution in [0, 0.1) is 0 Å². The van der Waals surface area contributed by atoms with E-state index in [1.807, 2.05) is 30.3 Å². The number of rotatable bonds is 7. The predicted molar refractivity (Wildman–Crippen MR) is 102 cm³/mol. The largest absolute Gasteiger partial charge is 0.463 e. The number of carbonyl (C=O) groups is 2. The van der Waals surface area contributed by atoms with Crippen LogP contribution in [0.15, 0.2) is 60.9 Å². The predicted octanol–water partition coefficient (Wildman–Crippen LogP) is 2.48. The Morgan fingerprint density at radius 1 is 1.11 bits per heavy atom. The second kappa shape index (κ2) is 8.90. The first-order chi connectivity index (χ1) is 13.5. The van der Waals surface area contributed by atoms with E-state index < -0.39 is 6.04 Å². The molecule has 0 aliphatic carbocycles. The van der Waals surface area contributed by atoms with E-state index in [2.05, 4.69) is 20.8 Å². The van der Waals surface area contributed by atoms with Crippen LogP contribution in [0.4, 0.5) is 0 Å². The first-order valence-electron chi connectivity index (χ1n) is 8.91. The summed E-state index contributed by atoms with van der Waals surface area (Å²) in [5, 5.41) is 13.9. The Kier molecular flexibility index (Phi) is 6.11. The van der Waals surface area contributed by atoms with Gasteiger partial charge >= 0.3 is 5.97 Å². The van der Waals surface area contributed by atoms with Crippen molar-refractivity contribution in [1.29, 1.82) is 0 Å². The van der Waals surface area contributed by atoms with E-state index >= 15 is 0 Å². The van der Waals surface area contributed by atoms with Crippen LogP contribution in [-0.4, -0.2) is 38.2 Å². The van der Waals surface area contributed by atoms with Crippen LogP contribution in [0.5, 0.6) is 0 Å². The van der Waals surface area contributed by atoms with Crippen molar-refractivity contribution in [1.82, 2.24) is 25.5 Å². The third-order valence-corrected chi connectivity index (χ3v) is 3.97. The maximum atomic E-state index is 12.8. The number of carbonyl (C=O) groups excluding carboxylic acids is 2. The van der Waals surface area contributed by atoms with Gasteiger partial charge in [0.1, 0.15) is 6.33 Å². The van der Waals surface area contributed by atoms with E-state index in [1.165, 1.54) is 11.0 Å². The molecule has 1 heterocycles. The van der Waals surface area contributed by atoms with Crippen LogP contribution in [0.3, 0.4) is 0 Å². The lowest BCUT2D eigenvalue weighted by Gasteiger charge is -2.19. The van der Waals surface area contributed by atoms with Crippen molar-refractivity contribution in [3.8, 4) is 5.69 Å². The van der Waals surface area contributed by atoms with Gasteiger partial charge in [0.15, 0.2) is 0 Å². The lowest BCUT2D eigenvalue weighted by molar-refractivity contribution is -0.147. The van der Waals surface area contributed by atoms with Crippen LogP contribution in [0.2, 0.25) is 0 Å². The highest BCUT2D eigenvalue weighted by atomic mass is 16.5. The minimum atomic E-state index is -0.503. The monoisotopic (exact) mass is 379 g/mol. The highest BCUT2D eigenvalue weighted by Crippen LogP contribution is 2.19. The molecule has 0 saturated carbocycles. The fourth-order valence-corrected chi connectivity index (χ4v) is 2.73. The summed E-state index contributed by atoms with van der Waals surface area (Å²) in [4.78, 5) is 25.0. The molecule has 144 valence electrons. The van der Waals surface area contributed by atoms with Gasteiger partial charge in [-0.2, -0.15) is 0 Å². The molecule has 0 fully saturated rings. The third-order valence-electron chi connectivity index (χ3n) is 3.97. The number of ether oxygens (including phenoxy) is 1. The van der Waals surface area contributed by atoms with Crippen molar-refractivity contribution in [3.05, 3.63) is 72.1 Å². The van der Waals surface area contributed by atoms with Crippen LogP contribution in [-0.2, 0) is 9.53 Å². The first kappa shape index (κ1) is 19.2. The average Bonchev–Trinajstić information content (AvgIpc) is 3.22. The lowest BCUT2D eigenvalue weighted by atomic mass is 10.0. The Bertz CT molecular complexity index is 926. The van der Waals surface area contributed by atoms with E-state index in [0.717, 1.165) is 5.56 Å². The molecule has 1 unspecified atom stereocenters. The molecule has 3 aromatic rings. The summed E-state index contributed by atoms with van der Waals surface area (Å²) in [6.07, 6.45) is 1.28. The number of benzene rings is 2. The number of esters is 1. The normalized spacial score (nSPS) is 11.8. The van der Waals surface area contributed by atoms with Gasteiger partial charge in [-0.25, -0.2) is 4.68 Å². The van der Waals surface area contributed by atoms with Crippen molar-refractivity contribution in [2.24, 2.45) is 0 Å². The van der Waals surface area contributed by atoms with E-state index in [-0.39, 0.29) is 24.4 Å². The van der Waals surface area contributed by atoms with E-state index in [4.69, 9.17) is 4.74 Å². The Balaban J connectivity index is 1.79. The van der Waals surface area contributed by atoms with Gasteiger partial charge in [0.25, 0.3) is 5.91 Å².